The van der Waals surface area contributed by atoms with Crippen molar-refractivity contribution >= 4 is 0 Å². The second-order valence-corrected chi connectivity index (χ2v) is 4.79. The van der Waals surface area contributed by atoms with Gasteiger partial charge >= 0.3 is 0 Å². The van der Waals surface area contributed by atoms with Gasteiger partial charge in [-0.3, -0.25) is 0 Å². The summed E-state index contributed by atoms with van der Waals surface area (Å²) in [7, 11) is 0. The van der Waals surface area contributed by atoms with Gasteiger partial charge in [-0.2, -0.15) is 0 Å². The lowest BCUT2D eigenvalue weighted by Gasteiger charge is -2.20. The third-order valence-electron chi connectivity index (χ3n) is 3.26. The zero-order valence-corrected chi connectivity index (χ0v) is 11.7. The summed E-state index contributed by atoms with van der Waals surface area (Å²) in [5.41, 5.74) is 8.11. The minimum Gasteiger partial charge on any atom is -0.494 e. The van der Waals surface area contributed by atoms with Crippen molar-refractivity contribution in [3.05, 3.63) is 65.7 Å². The third-order valence-corrected chi connectivity index (χ3v) is 3.26. The fourth-order valence-electron chi connectivity index (χ4n) is 2.18. The number of aliphatic hydroxyl groups is 1. The second kappa shape index (κ2) is 7.08. The van der Waals surface area contributed by atoms with Crippen molar-refractivity contribution in [1.82, 2.24) is 0 Å². The quantitative estimate of drug-likeness (QED) is 0.849. The molecule has 0 saturated heterocycles. The Balaban J connectivity index is 2.06. The fourth-order valence-corrected chi connectivity index (χ4v) is 2.18. The second-order valence-electron chi connectivity index (χ2n) is 4.79. The van der Waals surface area contributed by atoms with Gasteiger partial charge in [-0.25, -0.2) is 0 Å². The molecule has 0 spiro atoms. The van der Waals surface area contributed by atoms with E-state index in [4.69, 9.17) is 10.5 Å². The van der Waals surface area contributed by atoms with Crippen LogP contribution in [0.4, 0.5) is 0 Å². The highest BCUT2D eigenvalue weighted by atomic mass is 16.5. The molecule has 3 heteroatoms. The summed E-state index contributed by atoms with van der Waals surface area (Å²) in [4.78, 5) is 0. The molecule has 106 valence electrons. The van der Waals surface area contributed by atoms with Crippen LogP contribution in [0.3, 0.4) is 0 Å². The Hall–Kier alpha value is -1.84. The maximum atomic E-state index is 10.3. The number of aliphatic hydroxyl groups excluding tert-OH is 1. The molecule has 0 aliphatic carbocycles. The lowest BCUT2D eigenvalue weighted by atomic mass is 9.97. The molecule has 2 aromatic rings. The first-order chi connectivity index (χ1) is 9.70. The zero-order chi connectivity index (χ0) is 14.4. The Kier molecular flexibility index (Phi) is 5.16. The van der Waals surface area contributed by atoms with Crippen LogP contribution in [0, 0.1) is 0 Å². The van der Waals surface area contributed by atoms with Crippen molar-refractivity contribution in [2.75, 3.05) is 6.61 Å². The average molecular weight is 271 g/mol. The van der Waals surface area contributed by atoms with Crippen LogP contribution in [-0.4, -0.2) is 17.8 Å². The smallest absolute Gasteiger partial charge is 0.119 e. The zero-order valence-electron chi connectivity index (χ0n) is 11.7. The van der Waals surface area contributed by atoms with Gasteiger partial charge in [-0.1, -0.05) is 42.5 Å². The molecule has 3 nitrogen and oxygen atoms in total. The number of nitrogens with two attached hydrogens (primary N) is 1. The predicted molar refractivity (Wildman–Crippen MR) is 80.7 cm³/mol. The summed E-state index contributed by atoms with van der Waals surface area (Å²) >= 11 is 0. The van der Waals surface area contributed by atoms with Gasteiger partial charge in [0, 0.05) is 6.42 Å². The normalized spacial score (nSPS) is 13.8. The molecular weight excluding hydrogens is 250 g/mol. The van der Waals surface area contributed by atoms with E-state index in [2.05, 4.69) is 0 Å². The van der Waals surface area contributed by atoms with E-state index in [1.165, 1.54) is 0 Å². The van der Waals surface area contributed by atoms with Crippen LogP contribution in [0.5, 0.6) is 5.75 Å². The van der Waals surface area contributed by atoms with E-state index in [0.29, 0.717) is 13.0 Å². The molecule has 2 aromatic carbocycles. The summed E-state index contributed by atoms with van der Waals surface area (Å²) < 4.78 is 5.46. The van der Waals surface area contributed by atoms with E-state index in [1.807, 2.05) is 61.5 Å². The Morgan fingerprint density at radius 1 is 1.10 bits per heavy atom. The van der Waals surface area contributed by atoms with Crippen LogP contribution < -0.4 is 10.5 Å². The number of benzene rings is 2. The Labute approximate surface area is 120 Å². The van der Waals surface area contributed by atoms with Crippen LogP contribution in [-0.2, 0) is 6.42 Å². The molecular formula is C17H21NO2. The molecule has 0 saturated carbocycles. The SMILES string of the molecule is CCOc1cccc([C@@H](N)[C@@H](O)Cc2ccccc2)c1. The minimum atomic E-state index is -0.616. The molecule has 3 N–H and O–H groups in total. The van der Waals surface area contributed by atoms with Gasteiger partial charge in [0.1, 0.15) is 5.75 Å². The van der Waals surface area contributed by atoms with E-state index in [1.54, 1.807) is 0 Å². The van der Waals surface area contributed by atoms with E-state index in [-0.39, 0.29) is 0 Å². The third kappa shape index (κ3) is 3.83. The first-order valence-electron chi connectivity index (χ1n) is 6.91. The highest BCUT2D eigenvalue weighted by molar-refractivity contribution is 5.31. The van der Waals surface area contributed by atoms with Crippen molar-refractivity contribution in [2.45, 2.75) is 25.5 Å². The van der Waals surface area contributed by atoms with Gasteiger partial charge in [0.25, 0.3) is 0 Å². The average Bonchev–Trinajstić information content (AvgIpc) is 2.48. The Morgan fingerprint density at radius 3 is 2.55 bits per heavy atom. The molecule has 0 radical (unpaired) electrons. The largest absolute Gasteiger partial charge is 0.494 e. The molecule has 2 rings (SSSR count). The predicted octanol–water partition coefficient (Wildman–Crippen LogP) is 2.69. The molecule has 20 heavy (non-hydrogen) atoms. The molecule has 0 aromatic heterocycles. The summed E-state index contributed by atoms with van der Waals surface area (Å²) in [5.74, 6) is 0.785. The number of ether oxygens (including phenoxy) is 1. The van der Waals surface area contributed by atoms with E-state index in [0.717, 1.165) is 16.9 Å². The maximum absolute atomic E-state index is 10.3. The minimum absolute atomic E-state index is 0.421. The van der Waals surface area contributed by atoms with Crippen molar-refractivity contribution in [3.8, 4) is 5.75 Å². The van der Waals surface area contributed by atoms with Crippen molar-refractivity contribution in [2.24, 2.45) is 5.73 Å². The molecule has 0 aliphatic heterocycles. The van der Waals surface area contributed by atoms with Crippen molar-refractivity contribution < 1.29 is 9.84 Å². The van der Waals surface area contributed by atoms with E-state index in [9.17, 15) is 5.11 Å². The molecule has 0 heterocycles. The van der Waals surface area contributed by atoms with Crippen LogP contribution in [0.25, 0.3) is 0 Å². The van der Waals surface area contributed by atoms with Crippen LogP contribution in [0.15, 0.2) is 54.6 Å². The first-order valence-corrected chi connectivity index (χ1v) is 6.91. The standard InChI is InChI=1S/C17H21NO2/c1-2-20-15-10-6-9-14(12-15)17(18)16(19)11-13-7-4-3-5-8-13/h3-10,12,16-17,19H,2,11,18H2,1H3/t16-,17+/m0/s1. The molecule has 0 bridgehead atoms. The highest BCUT2D eigenvalue weighted by Gasteiger charge is 2.17. The molecule has 0 unspecified atom stereocenters. The summed E-state index contributed by atoms with van der Waals surface area (Å²) in [6.45, 7) is 2.56. The lowest BCUT2D eigenvalue weighted by Crippen LogP contribution is -2.28. The van der Waals surface area contributed by atoms with Gasteiger partial charge in [0.05, 0.1) is 18.8 Å². The topological polar surface area (TPSA) is 55.5 Å². The molecule has 0 fully saturated rings. The highest BCUT2D eigenvalue weighted by Crippen LogP contribution is 2.22. The van der Waals surface area contributed by atoms with Crippen LogP contribution in [0.2, 0.25) is 0 Å². The Morgan fingerprint density at radius 2 is 1.85 bits per heavy atom. The number of rotatable bonds is 6. The molecule has 2 atom stereocenters. The molecule has 0 aliphatic rings. The fraction of sp³-hybridized carbons (Fsp3) is 0.294. The maximum Gasteiger partial charge on any atom is 0.119 e. The van der Waals surface area contributed by atoms with Gasteiger partial charge in [-0.05, 0) is 30.2 Å². The Bertz CT molecular complexity index is 528. The van der Waals surface area contributed by atoms with Gasteiger partial charge in [0.2, 0.25) is 0 Å². The van der Waals surface area contributed by atoms with Crippen molar-refractivity contribution in [1.29, 1.82) is 0 Å². The summed E-state index contributed by atoms with van der Waals surface area (Å²) in [6.07, 6.45) is -0.0739. The molecule has 0 amide bonds. The van der Waals surface area contributed by atoms with Crippen LogP contribution in [0.1, 0.15) is 24.1 Å². The van der Waals surface area contributed by atoms with E-state index < -0.39 is 12.1 Å². The van der Waals surface area contributed by atoms with Gasteiger partial charge in [-0.15, -0.1) is 0 Å². The first kappa shape index (κ1) is 14.6. The van der Waals surface area contributed by atoms with Gasteiger partial charge in [0.15, 0.2) is 0 Å². The summed E-state index contributed by atoms with van der Waals surface area (Å²) in [5, 5.41) is 10.3. The van der Waals surface area contributed by atoms with E-state index >= 15 is 0 Å². The monoisotopic (exact) mass is 271 g/mol. The summed E-state index contributed by atoms with van der Waals surface area (Å²) in [6, 6.07) is 17.0. The van der Waals surface area contributed by atoms with Crippen molar-refractivity contribution in [3.63, 3.8) is 0 Å². The van der Waals surface area contributed by atoms with Gasteiger partial charge < -0.3 is 15.6 Å². The number of hydrogen-bond donors (Lipinski definition) is 2. The lowest BCUT2D eigenvalue weighted by molar-refractivity contribution is 0.145. The number of hydrogen-bond acceptors (Lipinski definition) is 3. The van der Waals surface area contributed by atoms with Crippen LogP contribution >= 0.6 is 0 Å².